The van der Waals surface area contributed by atoms with Crippen molar-refractivity contribution in [3.8, 4) is 11.5 Å². The molecule has 0 spiro atoms. The van der Waals surface area contributed by atoms with Crippen LogP contribution in [-0.4, -0.2) is 123 Å². The van der Waals surface area contributed by atoms with Gasteiger partial charge in [0.15, 0.2) is 22.8 Å². The summed E-state index contributed by atoms with van der Waals surface area (Å²) in [6.07, 6.45) is -7.49. The van der Waals surface area contributed by atoms with Gasteiger partial charge in [0, 0.05) is 49.3 Å². The Morgan fingerprint density at radius 2 is 1.63 bits per heavy atom. The molecule has 0 bridgehead atoms. The molecule has 2 aromatic carbocycles. The first kappa shape index (κ1) is 34.5. The van der Waals surface area contributed by atoms with E-state index in [2.05, 4.69) is 0 Å². The first-order valence-electron chi connectivity index (χ1n) is 15.3. The zero-order valence-corrected chi connectivity index (χ0v) is 27.0. The number of aryl methyl sites for hydroxylation is 1. The summed E-state index contributed by atoms with van der Waals surface area (Å²) in [5.41, 5.74) is -9.85. The van der Waals surface area contributed by atoms with Gasteiger partial charge in [0.25, 0.3) is 0 Å². The van der Waals surface area contributed by atoms with Crippen LogP contribution in [-0.2, 0) is 31.0 Å². The van der Waals surface area contributed by atoms with Gasteiger partial charge in [-0.05, 0) is 37.1 Å². The predicted octanol–water partition coefficient (Wildman–Crippen LogP) is -0.0186. The summed E-state index contributed by atoms with van der Waals surface area (Å²) in [6, 6.07) is 2.19. The summed E-state index contributed by atoms with van der Waals surface area (Å²) in [6.45, 7) is 2.94. The molecule has 1 heterocycles. The highest BCUT2D eigenvalue weighted by molar-refractivity contribution is 6.31. The highest BCUT2D eigenvalue weighted by Gasteiger charge is 2.72. The SMILES string of the molecule is COC(=O)c1c(C)cc2c(c1O)[C@]1(O)C(=O)c3cc4c(c(O)c3C(=O)[C@]1(OC)[C@H](O)C2)C(=O)C=C(CC1O[C@@H](C)[C@H](O)[C@@H](O)[C@H]1OC)C4=O. The molecule has 0 amide bonds. The van der Waals surface area contributed by atoms with E-state index >= 15 is 0 Å². The number of carbonyl (C=O) groups excluding carboxylic acids is 5. The van der Waals surface area contributed by atoms with Crippen LogP contribution in [0, 0.1) is 6.92 Å². The minimum atomic E-state index is -3.23. The molecule has 0 saturated carbocycles. The molecule has 3 aliphatic carbocycles. The number of carbonyl (C=O) groups is 5. The van der Waals surface area contributed by atoms with E-state index in [0.29, 0.717) is 0 Å². The summed E-state index contributed by atoms with van der Waals surface area (Å²) >= 11 is 0. The zero-order chi connectivity index (χ0) is 36.1. The summed E-state index contributed by atoms with van der Waals surface area (Å²) in [4.78, 5) is 69.0. The van der Waals surface area contributed by atoms with Crippen LogP contribution in [0.5, 0.6) is 11.5 Å². The predicted molar refractivity (Wildman–Crippen MR) is 163 cm³/mol. The second-order valence-electron chi connectivity index (χ2n) is 12.7. The van der Waals surface area contributed by atoms with Crippen LogP contribution >= 0.6 is 0 Å². The minimum Gasteiger partial charge on any atom is -0.507 e. The van der Waals surface area contributed by atoms with Crippen molar-refractivity contribution in [2.75, 3.05) is 21.3 Å². The van der Waals surface area contributed by atoms with E-state index in [1.165, 1.54) is 27.0 Å². The van der Waals surface area contributed by atoms with E-state index < -0.39 is 128 Å². The van der Waals surface area contributed by atoms with Crippen LogP contribution in [0.25, 0.3) is 0 Å². The fourth-order valence-corrected chi connectivity index (χ4v) is 7.85. The monoisotopic (exact) mass is 682 g/mol. The van der Waals surface area contributed by atoms with E-state index in [-0.39, 0.29) is 23.1 Å². The summed E-state index contributed by atoms with van der Waals surface area (Å²) in [5.74, 6) is -7.55. The third-order valence-electron chi connectivity index (χ3n) is 10.2. The highest BCUT2D eigenvalue weighted by Crippen LogP contribution is 2.56. The van der Waals surface area contributed by atoms with E-state index in [9.17, 15) is 54.6 Å². The van der Waals surface area contributed by atoms with E-state index in [1.54, 1.807) is 0 Å². The third-order valence-corrected chi connectivity index (χ3v) is 10.2. The number of aliphatic hydroxyl groups is 4. The topological polar surface area (TPSA) is 244 Å². The number of ketones is 4. The quantitative estimate of drug-likeness (QED) is 0.227. The standard InChI is InChI=1S/C34H34O15/c1-11-6-13-9-19(36)34(48-5)31(43)22-16(30(42)33(34,45)23(13)27(40)20(11)32(44)47-4)10-15-21(26(22)39)17(35)7-14(25(15)38)8-18-29(46-3)28(41)24(37)12(2)49-18/h6-7,10,12,18-19,24,28-29,36-37,39-41,45H,8-9H2,1-5H3/t12-,18?,19+,24-,28+,29-,33-,34+/m0/s1. The third kappa shape index (κ3) is 4.37. The second-order valence-corrected chi connectivity index (χ2v) is 12.7. The fraction of sp³-hybridized carbons (Fsp3) is 0.441. The number of methoxy groups -OCH3 is 3. The number of aromatic hydroxyl groups is 2. The first-order chi connectivity index (χ1) is 23.0. The molecule has 8 atom stereocenters. The lowest BCUT2D eigenvalue weighted by atomic mass is 9.56. The van der Waals surface area contributed by atoms with Crippen molar-refractivity contribution < 1.29 is 73.6 Å². The number of esters is 1. The van der Waals surface area contributed by atoms with Gasteiger partial charge in [0.2, 0.25) is 11.6 Å². The van der Waals surface area contributed by atoms with Gasteiger partial charge in [-0.2, -0.15) is 0 Å². The maximum absolute atomic E-state index is 14.6. The number of benzene rings is 2. The average Bonchev–Trinajstić information content (AvgIpc) is 3.04. The van der Waals surface area contributed by atoms with Crippen LogP contribution in [0.2, 0.25) is 0 Å². The molecule has 4 aliphatic rings. The number of aliphatic hydroxyl groups excluding tert-OH is 3. The Balaban J connectivity index is 1.53. The maximum atomic E-state index is 14.6. The number of fused-ring (bicyclic) bond motifs is 5. The van der Waals surface area contributed by atoms with Gasteiger partial charge in [-0.25, -0.2) is 4.79 Å². The summed E-state index contributed by atoms with van der Waals surface area (Å²) in [5, 5.41) is 67.4. The molecular weight excluding hydrogens is 648 g/mol. The molecule has 2 aromatic rings. The normalized spacial score (nSPS) is 32.1. The summed E-state index contributed by atoms with van der Waals surface area (Å²) < 4.78 is 21.3. The van der Waals surface area contributed by atoms with Crippen molar-refractivity contribution in [2.24, 2.45) is 0 Å². The first-order valence-corrected chi connectivity index (χ1v) is 15.3. The molecule has 49 heavy (non-hydrogen) atoms. The lowest BCUT2D eigenvalue weighted by Gasteiger charge is -2.52. The van der Waals surface area contributed by atoms with E-state index in [0.717, 1.165) is 26.4 Å². The van der Waals surface area contributed by atoms with Gasteiger partial charge in [-0.1, -0.05) is 6.07 Å². The Hall–Kier alpha value is -4.35. The number of ether oxygens (including phenoxy) is 4. The molecule has 15 heteroatoms. The zero-order valence-electron chi connectivity index (χ0n) is 27.0. The maximum Gasteiger partial charge on any atom is 0.341 e. The number of Topliss-reactive ketones (excluding diaryl/α,β-unsaturated/α-hetero) is 3. The van der Waals surface area contributed by atoms with Crippen LogP contribution in [0.1, 0.15) is 81.8 Å². The van der Waals surface area contributed by atoms with Crippen LogP contribution in [0.3, 0.4) is 0 Å². The van der Waals surface area contributed by atoms with Gasteiger partial charge < -0.3 is 49.6 Å². The molecule has 6 N–H and O–H groups in total. The molecule has 0 aromatic heterocycles. The van der Waals surface area contributed by atoms with Crippen LogP contribution in [0.4, 0.5) is 0 Å². The number of hydrogen-bond donors (Lipinski definition) is 6. The number of rotatable bonds is 5. The number of hydrogen-bond acceptors (Lipinski definition) is 15. The minimum absolute atomic E-state index is 0.00435. The van der Waals surface area contributed by atoms with Crippen LogP contribution < -0.4 is 0 Å². The number of phenolic OH excluding ortho intramolecular Hbond substituents is 2. The molecule has 1 fully saturated rings. The van der Waals surface area contributed by atoms with Gasteiger partial charge >= 0.3 is 5.97 Å². The highest BCUT2D eigenvalue weighted by atomic mass is 16.6. The molecule has 6 rings (SSSR count). The summed E-state index contributed by atoms with van der Waals surface area (Å²) in [7, 11) is 3.22. The van der Waals surface area contributed by atoms with Crippen molar-refractivity contribution in [2.45, 2.75) is 74.5 Å². The Morgan fingerprint density at radius 3 is 2.24 bits per heavy atom. The molecule has 1 unspecified atom stereocenters. The van der Waals surface area contributed by atoms with Crippen molar-refractivity contribution in [1.82, 2.24) is 0 Å². The largest absolute Gasteiger partial charge is 0.507 e. The molecule has 1 saturated heterocycles. The van der Waals surface area contributed by atoms with Crippen molar-refractivity contribution >= 4 is 29.1 Å². The molecule has 1 aliphatic heterocycles. The molecule has 15 nitrogen and oxygen atoms in total. The van der Waals surface area contributed by atoms with Crippen molar-refractivity contribution in [1.29, 1.82) is 0 Å². The molecular formula is C34H34O15. The van der Waals surface area contributed by atoms with Gasteiger partial charge in [0.1, 0.15) is 35.4 Å². The van der Waals surface area contributed by atoms with Gasteiger partial charge in [0.05, 0.1) is 36.5 Å². The number of phenols is 2. The van der Waals surface area contributed by atoms with Crippen LogP contribution in [0.15, 0.2) is 23.8 Å². The second kappa shape index (κ2) is 11.6. The Morgan fingerprint density at radius 1 is 0.959 bits per heavy atom. The molecule has 0 radical (unpaired) electrons. The smallest absolute Gasteiger partial charge is 0.341 e. The van der Waals surface area contributed by atoms with E-state index in [1.807, 2.05) is 0 Å². The average molecular weight is 683 g/mol. The fourth-order valence-electron chi connectivity index (χ4n) is 7.85. The lowest BCUT2D eigenvalue weighted by molar-refractivity contribution is -0.223. The van der Waals surface area contributed by atoms with Gasteiger partial charge in [-0.15, -0.1) is 0 Å². The number of allylic oxidation sites excluding steroid dienone is 1. The lowest BCUT2D eigenvalue weighted by Crippen LogP contribution is -2.73. The van der Waals surface area contributed by atoms with Crippen molar-refractivity contribution in [3.05, 3.63) is 68.3 Å². The Labute approximate surface area is 278 Å². The Kier molecular flexibility index (Phi) is 8.19. The van der Waals surface area contributed by atoms with Crippen molar-refractivity contribution in [3.63, 3.8) is 0 Å². The van der Waals surface area contributed by atoms with Gasteiger partial charge in [-0.3, -0.25) is 19.2 Å². The Bertz CT molecular complexity index is 1890. The molecule has 260 valence electrons. The van der Waals surface area contributed by atoms with E-state index in [4.69, 9.17) is 18.9 Å².